The van der Waals surface area contributed by atoms with Crippen molar-refractivity contribution >= 4 is 10.2 Å². The second-order valence-electron chi connectivity index (χ2n) is 4.87. The van der Waals surface area contributed by atoms with Crippen LogP contribution in [-0.2, 0) is 32.1 Å². The lowest BCUT2D eigenvalue weighted by molar-refractivity contribution is -0.241. The summed E-state index contributed by atoms with van der Waals surface area (Å²) < 4.78 is 38.5. The van der Waals surface area contributed by atoms with Crippen molar-refractivity contribution in [3.8, 4) is 0 Å². The Balaban J connectivity index is 2.03. The monoisotopic (exact) mass is 350 g/mol. The first-order chi connectivity index (χ1) is 11.5. The third-order valence-electron chi connectivity index (χ3n) is 3.33. The van der Waals surface area contributed by atoms with Crippen LogP contribution in [0.4, 0.5) is 0 Å². The Bertz CT molecular complexity index is 720. The summed E-state index contributed by atoms with van der Waals surface area (Å²) in [6.45, 7) is 0.0379. The molecule has 0 bridgehead atoms. The minimum Gasteiger partial charge on any atom is -0.336 e. The zero-order valence-corrected chi connectivity index (χ0v) is 14.3. The molecule has 2 rings (SSSR count). The summed E-state index contributed by atoms with van der Waals surface area (Å²) in [5.74, 6) is -1.46. The Kier molecular flexibility index (Phi) is 6.44. The average Bonchev–Trinajstić information content (AvgIpc) is 2.63. The molecule has 129 valence electrons. The fraction of sp³-hybridized carbons (Fsp3) is 0.250. The highest BCUT2D eigenvalue weighted by Crippen LogP contribution is 2.21. The molecule has 0 aliphatic heterocycles. The number of ether oxygens (including phenoxy) is 2. The van der Waals surface area contributed by atoms with E-state index in [1.165, 1.54) is 14.2 Å². The van der Waals surface area contributed by atoms with Crippen molar-refractivity contribution in [3.63, 3.8) is 0 Å². The molecule has 0 aromatic heterocycles. The van der Waals surface area contributed by atoms with Crippen molar-refractivity contribution in [2.75, 3.05) is 14.2 Å². The molecule has 8 heteroatoms. The Hall–Kier alpha value is -1.81. The first kappa shape index (κ1) is 18.5. The van der Waals surface area contributed by atoms with E-state index in [-0.39, 0.29) is 6.54 Å². The highest BCUT2D eigenvalue weighted by atomic mass is 32.2. The molecular formula is C16H20N3O4S. The molecular weight excluding hydrogens is 330 g/mol. The summed E-state index contributed by atoms with van der Waals surface area (Å²) in [7, 11) is -1.13. The van der Waals surface area contributed by atoms with E-state index in [1.54, 1.807) is 36.4 Å². The number of nitrogens with zero attached hydrogens (tertiary/aromatic N) is 1. The molecule has 0 fully saturated rings. The second-order valence-corrected chi connectivity index (χ2v) is 6.28. The van der Waals surface area contributed by atoms with Crippen LogP contribution in [0.25, 0.3) is 0 Å². The van der Waals surface area contributed by atoms with E-state index in [1.807, 2.05) is 24.3 Å². The van der Waals surface area contributed by atoms with Crippen LogP contribution in [0.1, 0.15) is 11.1 Å². The maximum Gasteiger partial charge on any atom is 0.306 e. The zero-order chi connectivity index (χ0) is 17.5. The van der Waals surface area contributed by atoms with Crippen LogP contribution in [0, 0.1) is 0 Å². The third kappa shape index (κ3) is 4.84. The molecule has 24 heavy (non-hydrogen) atoms. The summed E-state index contributed by atoms with van der Waals surface area (Å²) in [5.41, 5.74) is 3.93. The molecule has 1 radical (unpaired) electrons. The van der Waals surface area contributed by atoms with Gasteiger partial charge in [0.25, 0.3) is 5.91 Å². The number of nitrogens with one attached hydrogen (secondary N) is 2. The van der Waals surface area contributed by atoms with Crippen LogP contribution in [-0.4, -0.2) is 22.6 Å². The Morgan fingerprint density at radius 1 is 0.958 bits per heavy atom. The van der Waals surface area contributed by atoms with Gasteiger partial charge in [0.05, 0.1) is 6.54 Å². The smallest absolute Gasteiger partial charge is 0.306 e. The Labute approximate surface area is 142 Å². The van der Waals surface area contributed by atoms with Gasteiger partial charge in [-0.2, -0.15) is 13.8 Å². The van der Waals surface area contributed by atoms with E-state index < -0.39 is 16.1 Å². The number of hydrazine groups is 1. The highest BCUT2D eigenvalue weighted by Gasteiger charge is 2.33. The van der Waals surface area contributed by atoms with E-state index in [2.05, 4.69) is 15.0 Å². The van der Waals surface area contributed by atoms with Gasteiger partial charge in [0.2, 0.25) is 0 Å². The lowest BCUT2D eigenvalue weighted by atomic mass is 10.1. The number of hydrogen-bond donors (Lipinski definition) is 2. The van der Waals surface area contributed by atoms with E-state index in [0.717, 1.165) is 5.56 Å². The van der Waals surface area contributed by atoms with Crippen molar-refractivity contribution in [1.82, 2.24) is 15.0 Å². The van der Waals surface area contributed by atoms with Gasteiger partial charge in [-0.15, -0.1) is 9.55 Å². The van der Waals surface area contributed by atoms with Crippen molar-refractivity contribution < 1.29 is 17.9 Å². The predicted octanol–water partition coefficient (Wildman–Crippen LogP) is 1.23. The molecule has 0 atom stereocenters. The number of benzene rings is 2. The van der Waals surface area contributed by atoms with E-state index in [0.29, 0.717) is 5.56 Å². The van der Waals surface area contributed by atoms with E-state index in [9.17, 15) is 8.42 Å². The Morgan fingerprint density at radius 3 is 2.04 bits per heavy atom. The van der Waals surface area contributed by atoms with Crippen LogP contribution < -0.4 is 15.0 Å². The molecule has 0 saturated carbocycles. The topological polar surface area (TPSA) is 90.8 Å². The maximum atomic E-state index is 12.1. The van der Waals surface area contributed by atoms with Gasteiger partial charge >= 0.3 is 10.2 Å². The van der Waals surface area contributed by atoms with E-state index in [4.69, 9.17) is 9.47 Å². The van der Waals surface area contributed by atoms with Gasteiger partial charge in [0.1, 0.15) is 0 Å². The van der Waals surface area contributed by atoms with Crippen LogP contribution in [0.2, 0.25) is 0 Å². The summed E-state index contributed by atoms with van der Waals surface area (Å²) in [6, 6.07) is 18.0. The van der Waals surface area contributed by atoms with Crippen LogP contribution in [0.3, 0.4) is 0 Å². The number of methoxy groups -OCH3 is 2. The van der Waals surface area contributed by atoms with Crippen molar-refractivity contribution in [2.24, 2.45) is 0 Å². The number of hydrogen-bond acceptors (Lipinski definition) is 5. The van der Waals surface area contributed by atoms with Gasteiger partial charge in [-0.3, -0.25) is 0 Å². The maximum absolute atomic E-state index is 12.1. The van der Waals surface area contributed by atoms with Gasteiger partial charge in [-0.1, -0.05) is 60.7 Å². The van der Waals surface area contributed by atoms with Crippen molar-refractivity contribution in [2.45, 2.75) is 12.5 Å². The van der Waals surface area contributed by atoms with Gasteiger partial charge in [-0.25, -0.2) is 0 Å². The number of rotatable bonds is 9. The third-order valence-corrected chi connectivity index (χ3v) is 4.16. The van der Waals surface area contributed by atoms with Gasteiger partial charge in [-0.05, 0) is 5.56 Å². The van der Waals surface area contributed by atoms with Crippen LogP contribution in [0.5, 0.6) is 0 Å². The van der Waals surface area contributed by atoms with Crippen molar-refractivity contribution in [1.29, 1.82) is 0 Å². The molecule has 0 aliphatic rings. The lowest BCUT2D eigenvalue weighted by Gasteiger charge is -2.31. The Morgan fingerprint density at radius 2 is 1.50 bits per heavy atom. The summed E-state index contributed by atoms with van der Waals surface area (Å²) in [5, 5.41) is 0. The molecule has 0 unspecified atom stereocenters. The predicted molar refractivity (Wildman–Crippen MR) is 89.6 cm³/mol. The van der Waals surface area contributed by atoms with Crippen LogP contribution in [0.15, 0.2) is 60.7 Å². The molecule has 2 aromatic rings. The zero-order valence-electron chi connectivity index (χ0n) is 13.5. The molecule has 2 aromatic carbocycles. The molecule has 0 aliphatic carbocycles. The van der Waals surface area contributed by atoms with Crippen molar-refractivity contribution in [3.05, 3.63) is 71.8 Å². The van der Waals surface area contributed by atoms with E-state index >= 15 is 0 Å². The van der Waals surface area contributed by atoms with Crippen LogP contribution >= 0.6 is 0 Å². The SMILES string of the molecule is COC(NNS(=O)(=O)[N]Cc1ccccc1)(OC)c1ccccc1. The fourth-order valence-electron chi connectivity index (χ4n) is 2.06. The molecule has 2 N–H and O–H groups in total. The largest absolute Gasteiger partial charge is 0.336 e. The van der Waals surface area contributed by atoms with Gasteiger partial charge in [0, 0.05) is 19.8 Å². The summed E-state index contributed by atoms with van der Waals surface area (Å²) in [6.07, 6.45) is 0. The second kappa shape index (κ2) is 8.34. The molecule has 0 amide bonds. The normalized spacial score (nSPS) is 12.2. The quantitative estimate of drug-likeness (QED) is 0.524. The lowest BCUT2D eigenvalue weighted by Crippen LogP contribution is -2.55. The highest BCUT2D eigenvalue weighted by molar-refractivity contribution is 7.87. The fourth-order valence-corrected chi connectivity index (χ4v) is 2.70. The first-order valence-electron chi connectivity index (χ1n) is 7.19. The molecule has 0 saturated heterocycles. The minimum absolute atomic E-state index is 0.0379. The molecule has 0 heterocycles. The summed E-state index contributed by atoms with van der Waals surface area (Å²) >= 11 is 0. The van der Waals surface area contributed by atoms with Gasteiger partial charge < -0.3 is 9.47 Å². The first-order valence-corrected chi connectivity index (χ1v) is 8.63. The molecule has 0 spiro atoms. The average molecular weight is 350 g/mol. The van der Waals surface area contributed by atoms with Gasteiger partial charge in [0.15, 0.2) is 0 Å². The molecule has 7 nitrogen and oxygen atoms in total. The minimum atomic E-state index is -3.94. The summed E-state index contributed by atoms with van der Waals surface area (Å²) in [4.78, 5) is 2.18. The standard InChI is InChI=1S/C16H20N3O4S/c1-22-16(23-2,15-11-7-4-8-12-15)18-19-24(20,21)17-13-14-9-5-3-6-10-14/h3-12,18-19H,13H2,1-2H3.